The van der Waals surface area contributed by atoms with Crippen molar-refractivity contribution in [1.29, 1.82) is 0 Å². The number of urea groups is 1. The van der Waals surface area contributed by atoms with Crippen LogP contribution in [0.1, 0.15) is 47.0 Å². The molecule has 0 aliphatic rings. The highest BCUT2D eigenvalue weighted by atomic mass is 16.5. The van der Waals surface area contributed by atoms with E-state index in [1.807, 2.05) is 12.1 Å². The van der Waals surface area contributed by atoms with E-state index in [1.165, 1.54) is 19.2 Å². The molecular formula is C39H30N4O7. The number of hydrogen-bond donors (Lipinski definition) is 5. The number of carbonyl (C=O) groups excluding carboxylic acids is 4. The van der Waals surface area contributed by atoms with Crippen molar-refractivity contribution in [3.8, 4) is 0 Å². The topological polar surface area (TPSA) is 163 Å². The third kappa shape index (κ3) is 7.26. The number of methoxy groups -OCH3 is 1. The molecule has 0 aliphatic carbocycles. The van der Waals surface area contributed by atoms with Crippen molar-refractivity contribution in [1.82, 2.24) is 0 Å². The fraction of sp³-hybridized carbons (Fsp3) is 0.0513. The molecule has 50 heavy (non-hydrogen) atoms. The van der Waals surface area contributed by atoms with Crippen molar-refractivity contribution in [3.05, 3.63) is 143 Å². The summed E-state index contributed by atoms with van der Waals surface area (Å²) >= 11 is 0. The summed E-state index contributed by atoms with van der Waals surface area (Å²) in [7, 11) is 1.29. The molecule has 6 rings (SSSR count). The van der Waals surface area contributed by atoms with E-state index in [2.05, 4.69) is 21.3 Å². The Kier molecular flexibility index (Phi) is 9.21. The fourth-order valence-electron chi connectivity index (χ4n) is 5.47. The minimum Gasteiger partial charge on any atom is -0.478 e. The van der Waals surface area contributed by atoms with E-state index in [1.54, 1.807) is 97.9 Å². The number of rotatable bonds is 8. The van der Waals surface area contributed by atoms with Crippen LogP contribution < -0.4 is 21.3 Å². The second kappa shape index (κ2) is 14.0. The van der Waals surface area contributed by atoms with Crippen LogP contribution in [0.4, 0.5) is 27.5 Å². The molecule has 0 bridgehead atoms. The molecule has 0 heterocycles. The average molecular weight is 667 g/mol. The van der Waals surface area contributed by atoms with Crippen LogP contribution in [-0.4, -0.2) is 42.0 Å². The van der Waals surface area contributed by atoms with Gasteiger partial charge in [-0.15, -0.1) is 0 Å². The molecule has 0 radical (unpaired) electrons. The van der Waals surface area contributed by atoms with Gasteiger partial charge in [-0.2, -0.15) is 0 Å². The van der Waals surface area contributed by atoms with Crippen molar-refractivity contribution in [2.75, 3.05) is 28.4 Å². The number of carboxylic acids is 1. The van der Waals surface area contributed by atoms with Crippen LogP contribution >= 0.6 is 0 Å². The summed E-state index contributed by atoms with van der Waals surface area (Å²) in [5.74, 6) is -2.36. The second-order valence-electron chi connectivity index (χ2n) is 11.4. The van der Waals surface area contributed by atoms with Crippen molar-refractivity contribution in [3.63, 3.8) is 0 Å². The molecule has 0 aliphatic heterocycles. The van der Waals surface area contributed by atoms with Gasteiger partial charge in [0.2, 0.25) is 0 Å². The van der Waals surface area contributed by atoms with E-state index in [0.29, 0.717) is 50.4 Å². The van der Waals surface area contributed by atoms with Crippen molar-refractivity contribution >= 4 is 74.1 Å². The zero-order valence-corrected chi connectivity index (χ0v) is 26.9. The minimum absolute atomic E-state index is 0.104. The van der Waals surface area contributed by atoms with Gasteiger partial charge in [0.25, 0.3) is 11.8 Å². The van der Waals surface area contributed by atoms with Gasteiger partial charge in [0.1, 0.15) is 0 Å². The Morgan fingerprint density at radius 2 is 1.08 bits per heavy atom. The van der Waals surface area contributed by atoms with E-state index in [4.69, 9.17) is 4.74 Å². The molecule has 5 N–H and O–H groups in total. The molecule has 0 atom stereocenters. The number of fused-ring (bicyclic) bond motifs is 2. The van der Waals surface area contributed by atoms with Crippen molar-refractivity contribution < 1.29 is 33.8 Å². The van der Waals surface area contributed by atoms with Gasteiger partial charge >= 0.3 is 18.0 Å². The lowest BCUT2D eigenvalue weighted by molar-refractivity contribution is 0.0599. The summed E-state index contributed by atoms with van der Waals surface area (Å²) in [5.41, 5.74) is 3.44. The zero-order chi connectivity index (χ0) is 35.4. The first-order chi connectivity index (χ1) is 24.1. The Bertz CT molecular complexity index is 2350. The van der Waals surface area contributed by atoms with Gasteiger partial charge in [0.05, 0.1) is 18.2 Å². The quantitative estimate of drug-likeness (QED) is 0.103. The Hall–Kier alpha value is -7.01. The zero-order valence-electron chi connectivity index (χ0n) is 26.9. The Morgan fingerprint density at radius 3 is 1.66 bits per heavy atom. The SMILES string of the molecule is COC(=O)c1cccc(NC(=O)c2ccc3ccc(NC(=O)Nc4ccc5ccc(C(=O)Nc6cccc(C(=O)O)c6C)cc5c4)cc3c2)c1. The summed E-state index contributed by atoms with van der Waals surface area (Å²) in [6.45, 7) is 1.63. The number of nitrogens with one attached hydrogen (secondary N) is 4. The molecule has 11 heteroatoms. The van der Waals surface area contributed by atoms with Crippen molar-refractivity contribution in [2.24, 2.45) is 0 Å². The lowest BCUT2D eigenvalue weighted by Crippen LogP contribution is -2.19. The number of esters is 1. The Morgan fingerprint density at radius 1 is 0.540 bits per heavy atom. The third-order valence-electron chi connectivity index (χ3n) is 8.07. The van der Waals surface area contributed by atoms with Gasteiger partial charge in [-0.05, 0) is 113 Å². The summed E-state index contributed by atoms with van der Waals surface area (Å²) in [6, 6.07) is 31.6. The number of benzene rings is 6. The van der Waals surface area contributed by atoms with Crippen LogP contribution in [0.25, 0.3) is 21.5 Å². The minimum atomic E-state index is -1.08. The summed E-state index contributed by atoms with van der Waals surface area (Å²) < 4.78 is 4.75. The molecule has 0 fully saturated rings. The van der Waals surface area contributed by atoms with Crippen LogP contribution in [0.3, 0.4) is 0 Å². The first kappa shape index (κ1) is 32.9. The lowest BCUT2D eigenvalue weighted by Gasteiger charge is -2.12. The second-order valence-corrected chi connectivity index (χ2v) is 11.4. The smallest absolute Gasteiger partial charge is 0.337 e. The summed E-state index contributed by atoms with van der Waals surface area (Å²) in [6.07, 6.45) is 0. The summed E-state index contributed by atoms with van der Waals surface area (Å²) in [4.78, 5) is 62.4. The first-order valence-electron chi connectivity index (χ1n) is 15.4. The monoisotopic (exact) mass is 666 g/mol. The molecule has 0 saturated carbocycles. The predicted octanol–water partition coefficient (Wildman–Crippen LogP) is 7.93. The molecule has 11 nitrogen and oxygen atoms in total. The first-order valence-corrected chi connectivity index (χ1v) is 15.4. The Balaban J connectivity index is 1.13. The number of amides is 4. The van der Waals surface area contributed by atoms with Crippen molar-refractivity contribution in [2.45, 2.75) is 6.92 Å². The van der Waals surface area contributed by atoms with E-state index in [9.17, 15) is 29.1 Å². The maximum absolute atomic E-state index is 13.1. The normalized spacial score (nSPS) is 10.7. The molecule has 248 valence electrons. The molecule has 0 saturated heterocycles. The van der Waals surface area contributed by atoms with Crippen LogP contribution in [0, 0.1) is 6.92 Å². The fourth-order valence-corrected chi connectivity index (χ4v) is 5.47. The summed E-state index contributed by atoms with van der Waals surface area (Å²) in [5, 5.41) is 23.7. The van der Waals surface area contributed by atoms with E-state index < -0.39 is 23.9 Å². The van der Waals surface area contributed by atoms with Gasteiger partial charge in [0, 0.05) is 33.9 Å². The predicted molar refractivity (Wildman–Crippen MR) is 192 cm³/mol. The number of carbonyl (C=O) groups is 5. The van der Waals surface area contributed by atoms with Crippen LogP contribution in [0.2, 0.25) is 0 Å². The number of ether oxygens (including phenoxy) is 1. The number of hydrogen-bond acceptors (Lipinski definition) is 6. The molecule has 4 amide bonds. The van der Waals surface area contributed by atoms with E-state index >= 15 is 0 Å². The van der Waals surface area contributed by atoms with Gasteiger partial charge in [0.15, 0.2) is 0 Å². The molecule has 0 spiro atoms. The van der Waals surface area contributed by atoms with Crippen LogP contribution in [-0.2, 0) is 4.74 Å². The third-order valence-corrected chi connectivity index (χ3v) is 8.07. The molecule has 6 aromatic rings. The molecule has 0 unspecified atom stereocenters. The highest BCUT2D eigenvalue weighted by Crippen LogP contribution is 2.25. The van der Waals surface area contributed by atoms with Gasteiger partial charge in [-0.25, -0.2) is 14.4 Å². The maximum atomic E-state index is 13.1. The highest BCUT2D eigenvalue weighted by Gasteiger charge is 2.15. The van der Waals surface area contributed by atoms with E-state index in [0.717, 1.165) is 16.2 Å². The number of aromatic carboxylic acids is 1. The average Bonchev–Trinajstić information content (AvgIpc) is 3.11. The standard InChI is InChI=1S/C39H30N4O7/c1-22-33(37(46)47)7-4-8-34(22)43-36(45)26-12-10-24-14-16-32(21-29(24)18-26)42-39(49)41-31-15-13-23-9-11-25(17-28(23)20-31)35(44)40-30-6-3-5-27(19-30)38(48)50-2/h3-21H,1-2H3,(H,40,44)(H,43,45)(H,46,47)(H2,41,42,49). The number of anilines is 4. The molecule has 6 aromatic carbocycles. The van der Waals surface area contributed by atoms with Gasteiger partial charge < -0.3 is 31.1 Å². The van der Waals surface area contributed by atoms with Crippen LogP contribution in [0.5, 0.6) is 0 Å². The number of carboxylic acid groups (broad SMARTS) is 1. The molecule has 0 aromatic heterocycles. The molecular weight excluding hydrogens is 636 g/mol. The van der Waals surface area contributed by atoms with E-state index in [-0.39, 0.29) is 11.5 Å². The van der Waals surface area contributed by atoms with Crippen LogP contribution in [0.15, 0.2) is 115 Å². The Labute approximate surface area is 285 Å². The lowest BCUT2D eigenvalue weighted by atomic mass is 10.0. The maximum Gasteiger partial charge on any atom is 0.337 e. The van der Waals surface area contributed by atoms with Gasteiger partial charge in [-0.3, -0.25) is 9.59 Å². The largest absolute Gasteiger partial charge is 0.478 e. The highest BCUT2D eigenvalue weighted by molar-refractivity contribution is 6.09. The van der Waals surface area contributed by atoms with Gasteiger partial charge in [-0.1, -0.05) is 36.4 Å².